The number of methoxy groups -OCH3 is 1. The van der Waals surface area contributed by atoms with Crippen LogP contribution in [-0.4, -0.2) is 43.3 Å². The molecule has 0 atom stereocenters. The van der Waals surface area contributed by atoms with E-state index in [2.05, 4.69) is 25.5 Å². The first-order chi connectivity index (χ1) is 11.2. The SMILES string of the molecule is COc1ccc(CNc2cc(N3CCNCC3)nc(N)n2)cc1. The zero-order valence-electron chi connectivity index (χ0n) is 13.2. The van der Waals surface area contributed by atoms with Crippen LogP contribution in [0.25, 0.3) is 0 Å². The third-order valence-electron chi connectivity index (χ3n) is 3.80. The van der Waals surface area contributed by atoms with Gasteiger partial charge in [0.25, 0.3) is 0 Å². The number of nitrogens with two attached hydrogens (primary N) is 1. The highest BCUT2D eigenvalue weighted by Crippen LogP contribution is 2.18. The van der Waals surface area contributed by atoms with Gasteiger partial charge < -0.3 is 26.0 Å². The predicted molar refractivity (Wildman–Crippen MR) is 91.8 cm³/mol. The molecule has 23 heavy (non-hydrogen) atoms. The van der Waals surface area contributed by atoms with Crippen molar-refractivity contribution in [2.75, 3.05) is 49.2 Å². The van der Waals surface area contributed by atoms with Crippen LogP contribution < -0.4 is 26.0 Å². The molecule has 0 saturated carbocycles. The van der Waals surface area contributed by atoms with Crippen LogP contribution in [0.3, 0.4) is 0 Å². The maximum Gasteiger partial charge on any atom is 0.223 e. The summed E-state index contributed by atoms with van der Waals surface area (Å²) in [5, 5.41) is 6.63. The number of anilines is 3. The molecule has 3 rings (SSSR count). The summed E-state index contributed by atoms with van der Waals surface area (Å²) in [4.78, 5) is 10.8. The molecule has 122 valence electrons. The van der Waals surface area contributed by atoms with Gasteiger partial charge in [0, 0.05) is 38.8 Å². The van der Waals surface area contributed by atoms with E-state index in [1.54, 1.807) is 7.11 Å². The van der Waals surface area contributed by atoms with E-state index in [1.807, 2.05) is 30.3 Å². The number of nitrogens with zero attached hydrogens (tertiary/aromatic N) is 3. The maximum absolute atomic E-state index is 5.85. The van der Waals surface area contributed by atoms with Gasteiger partial charge >= 0.3 is 0 Å². The average molecular weight is 314 g/mol. The molecule has 2 aromatic rings. The lowest BCUT2D eigenvalue weighted by molar-refractivity contribution is 0.414. The van der Waals surface area contributed by atoms with E-state index in [0.29, 0.717) is 12.5 Å². The van der Waals surface area contributed by atoms with E-state index >= 15 is 0 Å². The zero-order chi connectivity index (χ0) is 16.1. The Kier molecular flexibility index (Phi) is 4.77. The van der Waals surface area contributed by atoms with Gasteiger partial charge in [0.15, 0.2) is 0 Å². The Labute approximate surface area is 135 Å². The highest BCUT2D eigenvalue weighted by Gasteiger charge is 2.13. The topological polar surface area (TPSA) is 88.3 Å². The van der Waals surface area contributed by atoms with Crippen molar-refractivity contribution < 1.29 is 4.74 Å². The number of nitrogens with one attached hydrogen (secondary N) is 2. The first kappa shape index (κ1) is 15.4. The number of nitrogen functional groups attached to an aromatic ring is 1. The number of hydrogen-bond acceptors (Lipinski definition) is 7. The Morgan fingerprint density at radius 1 is 1.22 bits per heavy atom. The smallest absolute Gasteiger partial charge is 0.223 e. The van der Waals surface area contributed by atoms with Crippen LogP contribution in [0, 0.1) is 0 Å². The van der Waals surface area contributed by atoms with Crippen LogP contribution in [0.15, 0.2) is 30.3 Å². The molecule has 0 unspecified atom stereocenters. The Morgan fingerprint density at radius 3 is 2.65 bits per heavy atom. The van der Waals surface area contributed by atoms with E-state index in [1.165, 1.54) is 0 Å². The molecule has 0 aliphatic carbocycles. The highest BCUT2D eigenvalue weighted by atomic mass is 16.5. The van der Waals surface area contributed by atoms with Gasteiger partial charge in [-0.3, -0.25) is 0 Å². The van der Waals surface area contributed by atoms with Crippen molar-refractivity contribution in [1.82, 2.24) is 15.3 Å². The number of rotatable bonds is 5. The second-order valence-electron chi connectivity index (χ2n) is 5.41. The average Bonchev–Trinajstić information content (AvgIpc) is 2.61. The van der Waals surface area contributed by atoms with Crippen LogP contribution in [0.4, 0.5) is 17.6 Å². The largest absolute Gasteiger partial charge is 0.497 e. The molecule has 1 aromatic heterocycles. The van der Waals surface area contributed by atoms with Gasteiger partial charge in [0.1, 0.15) is 17.4 Å². The van der Waals surface area contributed by atoms with Crippen LogP contribution >= 0.6 is 0 Å². The minimum atomic E-state index is 0.290. The normalized spacial score (nSPS) is 14.6. The summed E-state index contributed by atoms with van der Waals surface area (Å²) in [5.41, 5.74) is 7.00. The molecule has 7 nitrogen and oxygen atoms in total. The van der Waals surface area contributed by atoms with E-state index in [-0.39, 0.29) is 0 Å². The van der Waals surface area contributed by atoms with Gasteiger partial charge in [0.05, 0.1) is 7.11 Å². The molecule has 0 radical (unpaired) electrons. The van der Waals surface area contributed by atoms with Crippen molar-refractivity contribution in [1.29, 1.82) is 0 Å². The summed E-state index contributed by atoms with van der Waals surface area (Å²) in [6, 6.07) is 9.88. The Morgan fingerprint density at radius 2 is 1.96 bits per heavy atom. The molecule has 7 heteroatoms. The predicted octanol–water partition coefficient (Wildman–Crippen LogP) is 1.09. The zero-order valence-corrected chi connectivity index (χ0v) is 13.2. The van der Waals surface area contributed by atoms with E-state index in [4.69, 9.17) is 10.5 Å². The highest BCUT2D eigenvalue weighted by molar-refractivity contribution is 5.53. The van der Waals surface area contributed by atoms with Crippen molar-refractivity contribution in [2.45, 2.75) is 6.54 Å². The molecule has 1 saturated heterocycles. The monoisotopic (exact) mass is 314 g/mol. The summed E-state index contributed by atoms with van der Waals surface area (Å²) in [7, 11) is 1.66. The lowest BCUT2D eigenvalue weighted by Crippen LogP contribution is -2.44. The minimum Gasteiger partial charge on any atom is -0.497 e. The number of aromatic nitrogens is 2. The van der Waals surface area contributed by atoms with E-state index < -0.39 is 0 Å². The molecule has 4 N–H and O–H groups in total. The fourth-order valence-corrected chi connectivity index (χ4v) is 2.54. The van der Waals surface area contributed by atoms with Crippen LogP contribution in [-0.2, 0) is 6.54 Å². The minimum absolute atomic E-state index is 0.290. The Balaban J connectivity index is 1.68. The van der Waals surface area contributed by atoms with Gasteiger partial charge in [-0.15, -0.1) is 0 Å². The molecule has 2 heterocycles. The summed E-state index contributed by atoms with van der Waals surface area (Å²) < 4.78 is 5.16. The van der Waals surface area contributed by atoms with Gasteiger partial charge in [-0.1, -0.05) is 12.1 Å². The van der Waals surface area contributed by atoms with Gasteiger partial charge in [-0.05, 0) is 17.7 Å². The molecule has 0 spiro atoms. The molecular formula is C16H22N6O. The number of hydrogen-bond donors (Lipinski definition) is 3. The summed E-state index contributed by atoms with van der Waals surface area (Å²) in [6.07, 6.45) is 0. The number of piperazine rings is 1. The van der Waals surface area contributed by atoms with Crippen molar-refractivity contribution >= 4 is 17.6 Å². The van der Waals surface area contributed by atoms with Gasteiger partial charge in [-0.25, -0.2) is 0 Å². The Hall–Kier alpha value is -2.54. The third kappa shape index (κ3) is 4.01. The summed E-state index contributed by atoms with van der Waals surface area (Å²) in [6.45, 7) is 4.43. The van der Waals surface area contributed by atoms with E-state index in [9.17, 15) is 0 Å². The van der Waals surface area contributed by atoms with Crippen LogP contribution in [0.1, 0.15) is 5.56 Å². The van der Waals surface area contributed by atoms with Crippen LogP contribution in [0.2, 0.25) is 0 Å². The number of benzene rings is 1. The van der Waals surface area contributed by atoms with Crippen molar-refractivity contribution in [3.63, 3.8) is 0 Å². The summed E-state index contributed by atoms with van der Waals surface area (Å²) >= 11 is 0. The second kappa shape index (κ2) is 7.15. The Bertz CT molecular complexity index is 640. The summed E-state index contributed by atoms with van der Waals surface area (Å²) in [5.74, 6) is 2.75. The molecule has 1 aliphatic rings. The fraction of sp³-hybridized carbons (Fsp3) is 0.375. The number of ether oxygens (including phenoxy) is 1. The van der Waals surface area contributed by atoms with Crippen molar-refractivity contribution in [3.05, 3.63) is 35.9 Å². The van der Waals surface area contributed by atoms with Crippen molar-refractivity contribution in [2.24, 2.45) is 0 Å². The van der Waals surface area contributed by atoms with Crippen LogP contribution in [0.5, 0.6) is 5.75 Å². The van der Waals surface area contributed by atoms with Crippen molar-refractivity contribution in [3.8, 4) is 5.75 Å². The lowest BCUT2D eigenvalue weighted by Gasteiger charge is -2.28. The first-order valence-electron chi connectivity index (χ1n) is 7.71. The molecule has 1 fully saturated rings. The first-order valence-corrected chi connectivity index (χ1v) is 7.71. The second-order valence-corrected chi connectivity index (χ2v) is 5.41. The standard InChI is InChI=1S/C16H22N6O/c1-23-13-4-2-12(3-5-13)11-19-14-10-15(21-16(17)20-14)22-8-6-18-7-9-22/h2-5,10,18H,6-9,11H2,1H3,(H3,17,19,20,21). The third-order valence-corrected chi connectivity index (χ3v) is 3.80. The fourth-order valence-electron chi connectivity index (χ4n) is 2.54. The molecule has 1 aliphatic heterocycles. The van der Waals surface area contributed by atoms with Gasteiger partial charge in [-0.2, -0.15) is 9.97 Å². The maximum atomic E-state index is 5.85. The quantitative estimate of drug-likeness (QED) is 0.761. The molecule has 0 amide bonds. The molecular weight excluding hydrogens is 292 g/mol. The van der Waals surface area contributed by atoms with Gasteiger partial charge in [0.2, 0.25) is 5.95 Å². The molecule has 1 aromatic carbocycles. The van der Waals surface area contributed by atoms with E-state index in [0.717, 1.165) is 49.1 Å². The lowest BCUT2D eigenvalue weighted by atomic mass is 10.2. The molecule has 0 bridgehead atoms.